The summed E-state index contributed by atoms with van der Waals surface area (Å²) >= 11 is 0. The standard InChI is InChI=1S/C20H22N6O.C2HF3O2/c1-16-13-24(11-12-26(16)18-7-9-21-10-8-18)19(27)14-25-15-22-20(23-25)17-5-3-2-4-6-17;3-2(4,5)1(6)7/h2-10,15-16H,11-14H2,1H3;(H,6,7). The Hall–Kier alpha value is -3.96. The van der Waals surface area contributed by atoms with E-state index in [1.54, 1.807) is 23.4 Å². The van der Waals surface area contributed by atoms with Gasteiger partial charge in [0.2, 0.25) is 5.91 Å². The van der Waals surface area contributed by atoms with Gasteiger partial charge in [-0.05, 0) is 19.1 Å². The number of carboxylic acids is 1. The maximum atomic E-state index is 12.7. The molecule has 1 fully saturated rings. The van der Waals surface area contributed by atoms with Gasteiger partial charge in [-0.1, -0.05) is 30.3 Å². The Morgan fingerprint density at radius 1 is 1.09 bits per heavy atom. The van der Waals surface area contributed by atoms with Crippen LogP contribution in [0.15, 0.2) is 61.2 Å². The Labute approximate surface area is 193 Å². The van der Waals surface area contributed by atoms with Crippen molar-refractivity contribution in [2.24, 2.45) is 0 Å². The molecule has 0 spiro atoms. The van der Waals surface area contributed by atoms with Crippen LogP contribution in [0.4, 0.5) is 18.9 Å². The molecule has 4 rings (SSSR count). The van der Waals surface area contributed by atoms with Crippen molar-refractivity contribution < 1.29 is 27.9 Å². The van der Waals surface area contributed by atoms with Crippen LogP contribution in [0.1, 0.15) is 6.92 Å². The van der Waals surface area contributed by atoms with Crippen LogP contribution >= 0.6 is 0 Å². The number of nitrogens with zero attached hydrogens (tertiary/aromatic N) is 6. The van der Waals surface area contributed by atoms with E-state index in [0.29, 0.717) is 18.9 Å². The number of rotatable bonds is 4. The molecule has 1 saturated heterocycles. The molecule has 2 aromatic heterocycles. The van der Waals surface area contributed by atoms with Crippen molar-refractivity contribution in [2.45, 2.75) is 25.7 Å². The van der Waals surface area contributed by atoms with Crippen LogP contribution in [0.25, 0.3) is 11.4 Å². The van der Waals surface area contributed by atoms with Crippen molar-refractivity contribution in [1.82, 2.24) is 24.6 Å². The Morgan fingerprint density at radius 2 is 1.74 bits per heavy atom. The number of amides is 1. The molecule has 1 N–H and O–H groups in total. The van der Waals surface area contributed by atoms with Gasteiger partial charge in [-0.2, -0.15) is 18.3 Å². The van der Waals surface area contributed by atoms with E-state index >= 15 is 0 Å². The van der Waals surface area contributed by atoms with Crippen LogP contribution in [0, 0.1) is 0 Å². The summed E-state index contributed by atoms with van der Waals surface area (Å²) in [5.41, 5.74) is 2.09. The third kappa shape index (κ3) is 6.53. The predicted molar refractivity (Wildman–Crippen MR) is 117 cm³/mol. The average molecular weight is 476 g/mol. The molecule has 12 heteroatoms. The fraction of sp³-hybridized carbons (Fsp3) is 0.318. The van der Waals surface area contributed by atoms with Gasteiger partial charge >= 0.3 is 12.1 Å². The van der Waals surface area contributed by atoms with Crippen molar-refractivity contribution in [1.29, 1.82) is 0 Å². The van der Waals surface area contributed by atoms with Crippen molar-refractivity contribution in [3.63, 3.8) is 0 Å². The summed E-state index contributed by atoms with van der Waals surface area (Å²) in [4.78, 5) is 34.2. The van der Waals surface area contributed by atoms with Crippen LogP contribution in [-0.4, -0.2) is 73.5 Å². The molecular weight excluding hydrogens is 453 g/mol. The van der Waals surface area contributed by atoms with Crippen LogP contribution < -0.4 is 4.90 Å². The number of hydrogen-bond donors (Lipinski definition) is 1. The van der Waals surface area contributed by atoms with Crippen LogP contribution in [0.2, 0.25) is 0 Å². The summed E-state index contributed by atoms with van der Waals surface area (Å²) in [6.07, 6.45) is 0.139. The van der Waals surface area contributed by atoms with E-state index in [2.05, 4.69) is 26.9 Å². The van der Waals surface area contributed by atoms with Crippen LogP contribution in [0.3, 0.4) is 0 Å². The Kier molecular flexibility index (Phi) is 7.82. The molecular formula is C22H23F3N6O3. The first-order valence-corrected chi connectivity index (χ1v) is 10.3. The highest BCUT2D eigenvalue weighted by Crippen LogP contribution is 2.20. The van der Waals surface area contributed by atoms with Gasteiger partial charge in [-0.3, -0.25) is 9.78 Å². The second kappa shape index (κ2) is 10.8. The number of piperazine rings is 1. The minimum atomic E-state index is -5.08. The predicted octanol–water partition coefficient (Wildman–Crippen LogP) is 2.71. The molecule has 3 heterocycles. The fourth-order valence-electron chi connectivity index (χ4n) is 3.43. The van der Waals surface area contributed by atoms with Gasteiger partial charge in [0.05, 0.1) is 0 Å². The molecule has 0 saturated carbocycles. The number of pyridine rings is 1. The van der Waals surface area contributed by atoms with Gasteiger partial charge in [0.15, 0.2) is 5.82 Å². The molecule has 0 bridgehead atoms. The second-order valence-electron chi connectivity index (χ2n) is 7.52. The number of alkyl halides is 3. The summed E-state index contributed by atoms with van der Waals surface area (Å²) < 4.78 is 33.4. The molecule has 1 aliphatic rings. The van der Waals surface area contributed by atoms with E-state index in [-0.39, 0.29) is 18.5 Å². The zero-order valence-electron chi connectivity index (χ0n) is 18.3. The molecule has 0 aliphatic carbocycles. The van der Waals surface area contributed by atoms with Crippen LogP contribution in [-0.2, 0) is 16.1 Å². The third-order valence-corrected chi connectivity index (χ3v) is 5.08. The summed E-state index contributed by atoms with van der Waals surface area (Å²) in [5.74, 6) is -2.05. The minimum Gasteiger partial charge on any atom is -0.475 e. The lowest BCUT2D eigenvalue weighted by atomic mass is 10.1. The van der Waals surface area contributed by atoms with Gasteiger partial charge in [0, 0.05) is 49.3 Å². The number of carbonyl (C=O) groups excluding carboxylic acids is 1. The van der Waals surface area contributed by atoms with E-state index in [1.165, 1.54) is 0 Å². The molecule has 9 nitrogen and oxygen atoms in total. The van der Waals surface area contributed by atoms with Gasteiger partial charge in [0.25, 0.3) is 0 Å². The number of carbonyl (C=O) groups is 2. The average Bonchev–Trinajstić information content (AvgIpc) is 3.28. The highest BCUT2D eigenvalue weighted by atomic mass is 19.4. The number of aliphatic carboxylic acids is 1. The van der Waals surface area contributed by atoms with Crippen molar-refractivity contribution in [3.05, 3.63) is 61.2 Å². The summed E-state index contributed by atoms with van der Waals surface area (Å²) in [5, 5.41) is 11.6. The minimum absolute atomic E-state index is 0.0701. The number of halogens is 3. The molecule has 0 radical (unpaired) electrons. The molecule has 1 aromatic carbocycles. The monoisotopic (exact) mass is 476 g/mol. The number of aromatic nitrogens is 4. The first-order valence-electron chi connectivity index (χ1n) is 10.3. The van der Waals surface area contributed by atoms with Crippen LogP contribution in [0.5, 0.6) is 0 Å². The van der Waals surface area contributed by atoms with Gasteiger partial charge in [-0.15, -0.1) is 0 Å². The first-order chi connectivity index (χ1) is 16.1. The molecule has 1 atom stereocenters. The van der Waals surface area contributed by atoms with E-state index in [4.69, 9.17) is 9.90 Å². The zero-order chi connectivity index (χ0) is 24.7. The zero-order valence-corrected chi connectivity index (χ0v) is 18.3. The molecule has 1 amide bonds. The Morgan fingerprint density at radius 3 is 2.32 bits per heavy atom. The van der Waals surface area contributed by atoms with E-state index in [1.807, 2.05) is 47.4 Å². The molecule has 180 valence electrons. The Bertz CT molecular complexity index is 1090. The fourth-order valence-corrected chi connectivity index (χ4v) is 3.43. The van der Waals surface area contributed by atoms with Crippen molar-refractivity contribution in [2.75, 3.05) is 24.5 Å². The number of carboxylic acid groups (broad SMARTS) is 1. The summed E-state index contributed by atoms with van der Waals surface area (Å²) in [6, 6.07) is 14.0. The second-order valence-corrected chi connectivity index (χ2v) is 7.52. The van der Waals surface area contributed by atoms with E-state index in [9.17, 15) is 18.0 Å². The molecule has 34 heavy (non-hydrogen) atoms. The maximum absolute atomic E-state index is 12.7. The van der Waals surface area contributed by atoms with E-state index < -0.39 is 12.1 Å². The number of anilines is 1. The number of hydrogen-bond acceptors (Lipinski definition) is 6. The lowest BCUT2D eigenvalue weighted by Crippen LogP contribution is -2.54. The summed E-state index contributed by atoms with van der Waals surface area (Å²) in [6.45, 7) is 4.56. The van der Waals surface area contributed by atoms with Crippen molar-refractivity contribution in [3.8, 4) is 11.4 Å². The lowest BCUT2D eigenvalue weighted by Gasteiger charge is -2.41. The van der Waals surface area contributed by atoms with E-state index in [0.717, 1.165) is 17.8 Å². The molecule has 1 aliphatic heterocycles. The largest absolute Gasteiger partial charge is 0.490 e. The number of benzene rings is 1. The molecule has 3 aromatic rings. The highest BCUT2D eigenvalue weighted by molar-refractivity contribution is 5.76. The normalized spacial score (nSPS) is 15.9. The molecule has 1 unspecified atom stereocenters. The lowest BCUT2D eigenvalue weighted by molar-refractivity contribution is -0.192. The van der Waals surface area contributed by atoms with Gasteiger partial charge < -0.3 is 14.9 Å². The maximum Gasteiger partial charge on any atom is 0.490 e. The highest BCUT2D eigenvalue weighted by Gasteiger charge is 2.38. The quantitative estimate of drug-likeness (QED) is 0.617. The topological polar surface area (TPSA) is 104 Å². The third-order valence-electron chi connectivity index (χ3n) is 5.08. The smallest absolute Gasteiger partial charge is 0.475 e. The Balaban J connectivity index is 0.000000406. The summed E-state index contributed by atoms with van der Waals surface area (Å²) in [7, 11) is 0. The van der Waals surface area contributed by atoms with Gasteiger partial charge in [-0.25, -0.2) is 14.5 Å². The van der Waals surface area contributed by atoms with Crippen molar-refractivity contribution >= 4 is 17.6 Å². The van der Waals surface area contributed by atoms with Gasteiger partial charge in [0.1, 0.15) is 12.9 Å². The first kappa shape index (κ1) is 24.7. The SMILES string of the molecule is CC1CN(C(=O)Cn2cnc(-c3ccccc3)n2)CCN1c1ccncc1.O=C(O)C(F)(F)F.